The van der Waals surface area contributed by atoms with Gasteiger partial charge in [0.15, 0.2) is 0 Å². The fourth-order valence-electron chi connectivity index (χ4n) is 2.52. The molecule has 2 N–H and O–H groups in total. The van der Waals surface area contributed by atoms with Crippen molar-refractivity contribution >= 4 is 44.9 Å². The van der Waals surface area contributed by atoms with Crippen LogP contribution >= 0.6 is 22.9 Å². The average Bonchev–Trinajstić information content (AvgIpc) is 3.16. The van der Waals surface area contributed by atoms with E-state index in [1.165, 1.54) is 5.56 Å². The van der Waals surface area contributed by atoms with Crippen molar-refractivity contribution in [3.8, 4) is 0 Å². The van der Waals surface area contributed by atoms with Crippen LogP contribution in [0.3, 0.4) is 0 Å². The number of thiophene rings is 1. The van der Waals surface area contributed by atoms with Crippen molar-refractivity contribution in [2.45, 2.75) is 11.4 Å². The summed E-state index contributed by atoms with van der Waals surface area (Å²) in [5.41, 5.74) is 1.29. The van der Waals surface area contributed by atoms with Gasteiger partial charge in [0.1, 0.15) is 0 Å². The first kappa shape index (κ1) is 22.3. The van der Waals surface area contributed by atoms with E-state index < -0.39 is 22.0 Å². The van der Waals surface area contributed by atoms with E-state index in [0.717, 1.165) is 19.6 Å². The molecule has 0 saturated carbocycles. The first-order chi connectivity index (χ1) is 13.2. The number of sulfonamides is 1. The van der Waals surface area contributed by atoms with Gasteiger partial charge in [0.05, 0.1) is 4.90 Å². The average molecular weight is 447 g/mol. The van der Waals surface area contributed by atoms with Crippen molar-refractivity contribution in [2.75, 3.05) is 26.2 Å². The number of piperazine rings is 1. The molecule has 1 saturated heterocycles. The summed E-state index contributed by atoms with van der Waals surface area (Å²) >= 11 is 7.51. The maximum absolute atomic E-state index is 12.6. The molecule has 0 spiro atoms. The number of benzene rings is 1. The third-order valence-corrected chi connectivity index (χ3v) is 6.85. The van der Waals surface area contributed by atoms with Gasteiger partial charge in [0.25, 0.3) is 0 Å². The van der Waals surface area contributed by atoms with Crippen molar-refractivity contribution < 1.29 is 28.2 Å². The summed E-state index contributed by atoms with van der Waals surface area (Å²) in [7, 11) is -3.41. The molecule has 8 nitrogen and oxygen atoms in total. The zero-order valence-electron chi connectivity index (χ0n) is 14.7. The molecular formula is C17H19ClN2O6S2. The Morgan fingerprint density at radius 1 is 1.00 bits per heavy atom. The molecule has 0 bridgehead atoms. The Hall–Kier alpha value is -1.98. The van der Waals surface area contributed by atoms with Crippen LogP contribution < -0.4 is 0 Å². The summed E-state index contributed by atoms with van der Waals surface area (Å²) in [5, 5.41) is 19.5. The van der Waals surface area contributed by atoms with Crippen molar-refractivity contribution in [1.29, 1.82) is 0 Å². The van der Waals surface area contributed by atoms with E-state index in [9.17, 15) is 8.42 Å². The van der Waals surface area contributed by atoms with Gasteiger partial charge in [0.2, 0.25) is 10.0 Å². The summed E-state index contributed by atoms with van der Waals surface area (Å²) in [6.07, 6.45) is 0. The largest absolute Gasteiger partial charge is 0.473 e. The van der Waals surface area contributed by atoms with Gasteiger partial charge >= 0.3 is 11.9 Å². The topological polar surface area (TPSA) is 115 Å². The molecular weight excluding hydrogens is 428 g/mol. The first-order valence-corrected chi connectivity index (χ1v) is 10.9. The van der Waals surface area contributed by atoms with E-state index in [2.05, 4.69) is 21.7 Å². The molecule has 0 radical (unpaired) electrons. The molecule has 0 amide bonds. The fraction of sp³-hybridized carbons (Fsp3) is 0.294. The zero-order valence-corrected chi connectivity index (χ0v) is 17.1. The summed E-state index contributed by atoms with van der Waals surface area (Å²) in [4.78, 5) is 20.8. The van der Waals surface area contributed by atoms with E-state index in [-0.39, 0.29) is 0 Å². The van der Waals surface area contributed by atoms with Crippen LogP contribution in [0.4, 0.5) is 0 Å². The molecule has 1 aromatic heterocycles. The summed E-state index contributed by atoms with van der Waals surface area (Å²) in [5.74, 6) is -3.65. The molecule has 2 heterocycles. The highest BCUT2D eigenvalue weighted by molar-refractivity contribution is 7.89. The third kappa shape index (κ3) is 6.28. The normalized spacial score (nSPS) is 15.5. The minimum absolute atomic E-state index is 0.309. The number of hydrogen-bond donors (Lipinski definition) is 2. The number of aliphatic carboxylic acids is 2. The van der Waals surface area contributed by atoms with E-state index in [0.29, 0.717) is 23.0 Å². The van der Waals surface area contributed by atoms with Gasteiger partial charge in [-0.1, -0.05) is 11.6 Å². The van der Waals surface area contributed by atoms with Crippen molar-refractivity contribution in [3.05, 3.63) is 51.7 Å². The second-order valence-corrected chi connectivity index (χ2v) is 9.03. The summed E-state index contributed by atoms with van der Waals surface area (Å²) < 4.78 is 26.7. The highest BCUT2D eigenvalue weighted by Crippen LogP contribution is 2.20. The molecule has 1 fully saturated rings. The molecule has 0 aliphatic carbocycles. The predicted molar refractivity (Wildman–Crippen MR) is 105 cm³/mol. The molecule has 1 aromatic carbocycles. The smallest absolute Gasteiger partial charge is 0.414 e. The van der Waals surface area contributed by atoms with Crippen LogP contribution in [-0.4, -0.2) is 66.0 Å². The predicted octanol–water partition coefficient (Wildman–Crippen LogP) is 2.06. The minimum Gasteiger partial charge on any atom is -0.473 e. The lowest BCUT2D eigenvalue weighted by atomic mass is 10.3. The second-order valence-electron chi connectivity index (χ2n) is 5.88. The van der Waals surface area contributed by atoms with E-state index in [1.54, 1.807) is 39.9 Å². The molecule has 152 valence electrons. The van der Waals surface area contributed by atoms with Gasteiger partial charge < -0.3 is 10.2 Å². The van der Waals surface area contributed by atoms with Crippen LogP contribution in [0.1, 0.15) is 5.56 Å². The van der Waals surface area contributed by atoms with Crippen LogP contribution in [0.25, 0.3) is 0 Å². The van der Waals surface area contributed by atoms with Crippen molar-refractivity contribution in [1.82, 2.24) is 9.21 Å². The Morgan fingerprint density at radius 2 is 1.57 bits per heavy atom. The van der Waals surface area contributed by atoms with Gasteiger partial charge in [-0.3, -0.25) is 4.90 Å². The molecule has 3 rings (SSSR count). The molecule has 0 unspecified atom stereocenters. The maximum Gasteiger partial charge on any atom is 0.414 e. The fourth-order valence-corrected chi connectivity index (χ4v) is 4.73. The lowest BCUT2D eigenvalue weighted by Crippen LogP contribution is -2.48. The van der Waals surface area contributed by atoms with Crippen molar-refractivity contribution in [2.24, 2.45) is 0 Å². The van der Waals surface area contributed by atoms with Crippen LogP contribution in [-0.2, 0) is 26.2 Å². The van der Waals surface area contributed by atoms with E-state index in [1.807, 2.05) is 0 Å². The number of carboxylic acid groups (broad SMARTS) is 2. The molecule has 1 aliphatic heterocycles. The highest BCUT2D eigenvalue weighted by atomic mass is 35.5. The first-order valence-electron chi connectivity index (χ1n) is 8.15. The minimum atomic E-state index is -3.41. The maximum atomic E-state index is 12.6. The highest BCUT2D eigenvalue weighted by Gasteiger charge is 2.28. The van der Waals surface area contributed by atoms with Gasteiger partial charge in [-0.15, -0.1) is 0 Å². The Bertz CT molecular complexity index is 880. The number of halogens is 1. The standard InChI is InChI=1S/C15H17ClN2O2S2.C2H2O4/c16-14-1-3-15(4-2-14)22(19,20)18-8-6-17(7-9-18)11-13-5-10-21-12-13;3-1(4)2(5)6/h1-5,10,12H,6-9,11H2;(H,3,4)(H,5,6). The number of carboxylic acids is 2. The van der Waals surface area contributed by atoms with Gasteiger partial charge in [-0.2, -0.15) is 15.6 Å². The quantitative estimate of drug-likeness (QED) is 0.690. The van der Waals surface area contributed by atoms with E-state index >= 15 is 0 Å². The Labute approximate surface area is 171 Å². The Morgan fingerprint density at radius 3 is 2.04 bits per heavy atom. The molecule has 0 atom stereocenters. The third-order valence-electron chi connectivity index (χ3n) is 3.95. The number of hydrogen-bond acceptors (Lipinski definition) is 6. The summed E-state index contributed by atoms with van der Waals surface area (Å²) in [6.45, 7) is 3.44. The van der Waals surface area contributed by atoms with Crippen LogP contribution in [0, 0.1) is 0 Å². The molecule has 2 aromatic rings. The molecule has 11 heteroatoms. The van der Waals surface area contributed by atoms with Crippen LogP contribution in [0.5, 0.6) is 0 Å². The van der Waals surface area contributed by atoms with Crippen LogP contribution in [0.15, 0.2) is 46.0 Å². The number of nitrogens with zero attached hydrogens (tertiary/aromatic N) is 2. The van der Waals surface area contributed by atoms with Gasteiger partial charge in [0, 0.05) is 37.7 Å². The SMILES string of the molecule is O=C(O)C(=O)O.O=S(=O)(c1ccc(Cl)cc1)N1CCN(Cc2ccsc2)CC1. The van der Waals surface area contributed by atoms with Crippen LogP contribution in [0.2, 0.25) is 5.02 Å². The van der Waals surface area contributed by atoms with Crippen molar-refractivity contribution in [3.63, 3.8) is 0 Å². The molecule has 1 aliphatic rings. The number of carbonyl (C=O) groups is 2. The zero-order chi connectivity index (χ0) is 20.7. The van der Waals surface area contributed by atoms with Gasteiger partial charge in [-0.05, 0) is 46.7 Å². The Kier molecular flexibility index (Phi) is 7.96. The lowest BCUT2D eigenvalue weighted by Gasteiger charge is -2.33. The summed E-state index contributed by atoms with van der Waals surface area (Å²) in [6, 6.07) is 8.47. The molecule has 28 heavy (non-hydrogen) atoms. The van der Waals surface area contributed by atoms with E-state index in [4.69, 9.17) is 31.4 Å². The second kappa shape index (κ2) is 9.99. The lowest BCUT2D eigenvalue weighted by molar-refractivity contribution is -0.159. The monoisotopic (exact) mass is 446 g/mol. The Balaban J connectivity index is 0.000000409. The number of rotatable bonds is 4. The van der Waals surface area contributed by atoms with Gasteiger partial charge in [-0.25, -0.2) is 18.0 Å².